The van der Waals surface area contributed by atoms with E-state index in [9.17, 15) is 0 Å². The number of nitrogens with two attached hydrogens (primary N) is 1. The number of aromatic amines is 1. The van der Waals surface area contributed by atoms with Crippen LogP contribution in [0.3, 0.4) is 0 Å². The molecule has 106 valence electrons. The van der Waals surface area contributed by atoms with Gasteiger partial charge >= 0.3 is 0 Å². The standard InChI is InChI=1S/C10H15N9S/c1-6-12-10(18-17-6)20-9-14-7(16-11)13-8(15-9)19-4-2-3-5-19/h2-5,11H2,1H3,(H,12,17,18)(H,13,14,15,16). The van der Waals surface area contributed by atoms with Crippen LogP contribution in [0.2, 0.25) is 0 Å². The lowest BCUT2D eigenvalue weighted by Crippen LogP contribution is -2.22. The number of hydrazine groups is 1. The van der Waals surface area contributed by atoms with Crippen molar-refractivity contribution < 1.29 is 0 Å². The van der Waals surface area contributed by atoms with Gasteiger partial charge in [-0.1, -0.05) is 0 Å². The van der Waals surface area contributed by atoms with Crippen LogP contribution >= 0.6 is 11.8 Å². The summed E-state index contributed by atoms with van der Waals surface area (Å²) in [6, 6.07) is 0. The molecule has 0 bridgehead atoms. The van der Waals surface area contributed by atoms with Gasteiger partial charge in [-0.3, -0.25) is 10.5 Å². The molecule has 0 radical (unpaired) electrons. The summed E-state index contributed by atoms with van der Waals surface area (Å²) < 4.78 is 0. The third kappa shape index (κ3) is 2.80. The molecule has 3 rings (SSSR count). The molecule has 9 nitrogen and oxygen atoms in total. The predicted molar refractivity (Wildman–Crippen MR) is 74.3 cm³/mol. The molecule has 0 amide bonds. The molecule has 1 aliphatic rings. The summed E-state index contributed by atoms with van der Waals surface area (Å²) in [5, 5.41) is 7.93. The van der Waals surface area contributed by atoms with E-state index >= 15 is 0 Å². The number of hydrogen-bond acceptors (Lipinski definition) is 9. The van der Waals surface area contributed by atoms with Crippen LogP contribution in [-0.4, -0.2) is 43.2 Å². The summed E-state index contributed by atoms with van der Waals surface area (Å²) >= 11 is 1.27. The predicted octanol–water partition coefficient (Wildman–Crippen LogP) is 0.335. The van der Waals surface area contributed by atoms with Crippen molar-refractivity contribution in [1.29, 1.82) is 0 Å². The zero-order valence-corrected chi connectivity index (χ0v) is 11.8. The first-order valence-electron chi connectivity index (χ1n) is 6.29. The molecule has 2 aromatic rings. The molecule has 0 atom stereocenters. The van der Waals surface area contributed by atoms with E-state index in [1.165, 1.54) is 11.8 Å². The first-order chi connectivity index (χ1) is 9.74. The molecule has 10 heteroatoms. The highest BCUT2D eigenvalue weighted by atomic mass is 32.2. The Hall–Kier alpha value is -1.94. The highest BCUT2D eigenvalue weighted by molar-refractivity contribution is 7.99. The Labute approximate surface area is 119 Å². The van der Waals surface area contributed by atoms with E-state index in [4.69, 9.17) is 5.84 Å². The highest BCUT2D eigenvalue weighted by Crippen LogP contribution is 2.24. The minimum Gasteiger partial charge on any atom is -0.341 e. The maximum Gasteiger partial charge on any atom is 0.242 e. The van der Waals surface area contributed by atoms with Gasteiger partial charge in [0.1, 0.15) is 5.82 Å². The van der Waals surface area contributed by atoms with Crippen molar-refractivity contribution in [1.82, 2.24) is 30.1 Å². The minimum atomic E-state index is 0.344. The van der Waals surface area contributed by atoms with Crippen LogP contribution in [0.25, 0.3) is 0 Å². The molecule has 0 aromatic carbocycles. The van der Waals surface area contributed by atoms with Gasteiger partial charge in [-0.05, 0) is 31.5 Å². The van der Waals surface area contributed by atoms with E-state index in [2.05, 4.69) is 40.5 Å². The number of H-pyrrole nitrogens is 1. The van der Waals surface area contributed by atoms with E-state index in [0.29, 0.717) is 22.2 Å². The fraction of sp³-hybridized carbons (Fsp3) is 0.500. The normalized spacial score (nSPS) is 14.8. The molecule has 1 saturated heterocycles. The first kappa shape index (κ1) is 13.1. The van der Waals surface area contributed by atoms with Crippen molar-refractivity contribution in [2.75, 3.05) is 23.4 Å². The van der Waals surface area contributed by atoms with Crippen molar-refractivity contribution >= 4 is 23.7 Å². The first-order valence-corrected chi connectivity index (χ1v) is 7.11. The third-order valence-corrected chi connectivity index (χ3v) is 3.61. The summed E-state index contributed by atoms with van der Waals surface area (Å²) in [4.78, 5) is 19.3. The number of nitrogens with zero attached hydrogens (tertiary/aromatic N) is 6. The summed E-state index contributed by atoms with van der Waals surface area (Å²) in [7, 11) is 0. The van der Waals surface area contributed by atoms with E-state index < -0.39 is 0 Å². The lowest BCUT2D eigenvalue weighted by Gasteiger charge is -2.15. The van der Waals surface area contributed by atoms with Crippen LogP contribution in [0.4, 0.5) is 11.9 Å². The third-order valence-electron chi connectivity index (χ3n) is 2.88. The van der Waals surface area contributed by atoms with E-state index in [1.807, 2.05) is 6.92 Å². The molecular formula is C10H15N9S. The number of rotatable bonds is 4. The lowest BCUT2D eigenvalue weighted by atomic mass is 10.4. The van der Waals surface area contributed by atoms with Crippen LogP contribution in [0, 0.1) is 6.92 Å². The Morgan fingerprint density at radius 1 is 1.15 bits per heavy atom. The number of anilines is 2. The van der Waals surface area contributed by atoms with Crippen LogP contribution in [0.15, 0.2) is 10.3 Å². The molecule has 3 heterocycles. The molecule has 1 fully saturated rings. The van der Waals surface area contributed by atoms with Gasteiger partial charge in [-0.2, -0.15) is 15.0 Å². The Morgan fingerprint density at radius 3 is 2.60 bits per heavy atom. The maximum absolute atomic E-state index is 5.42. The zero-order chi connectivity index (χ0) is 13.9. The van der Waals surface area contributed by atoms with Crippen molar-refractivity contribution in [3.05, 3.63) is 5.82 Å². The van der Waals surface area contributed by atoms with Crippen LogP contribution in [0.5, 0.6) is 0 Å². The molecule has 4 N–H and O–H groups in total. The number of nitrogen functional groups attached to an aromatic ring is 1. The van der Waals surface area contributed by atoms with Gasteiger partial charge in [0, 0.05) is 13.1 Å². The molecule has 0 saturated carbocycles. The van der Waals surface area contributed by atoms with Crippen LogP contribution in [-0.2, 0) is 0 Å². The Bertz CT molecular complexity index is 592. The van der Waals surface area contributed by atoms with Crippen molar-refractivity contribution in [2.24, 2.45) is 5.84 Å². The van der Waals surface area contributed by atoms with E-state index in [-0.39, 0.29) is 0 Å². The lowest BCUT2D eigenvalue weighted by molar-refractivity contribution is 0.824. The van der Waals surface area contributed by atoms with Crippen molar-refractivity contribution in [3.63, 3.8) is 0 Å². The van der Waals surface area contributed by atoms with Crippen LogP contribution < -0.4 is 16.2 Å². The van der Waals surface area contributed by atoms with E-state index in [1.54, 1.807) is 0 Å². The minimum absolute atomic E-state index is 0.344. The van der Waals surface area contributed by atoms with Gasteiger partial charge in [-0.15, -0.1) is 5.10 Å². The second-order valence-corrected chi connectivity index (χ2v) is 5.32. The monoisotopic (exact) mass is 293 g/mol. The SMILES string of the molecule is Cc1nc(Sc2nc(NN)nc(N3CCCC3)n2)n[nH]1. The smallest absolute Gasteiger partial charge is 0.242 e. The highest BCUT2D eigenvalue weighted by Gasteiger charge is 2.18. The molecular weight excluding hydrogens is 278 g/mol. The fourth-order valence-electron chi connectivity index (χ4n) is 1.96. The maximum atomic E-state index is 5.42. The summed E-state index contributed by atoms with van der Waals surface area (Å²) in [5.41, 5.74) is 2.47. The van der Waals surface area contributed by atoms with Gasteiger partial charge in [-0.25, -0.2) is 10.8 Å². The molecule has 2 aromatic heterocycles. The quantitative estimate of drug-likeness (QED) is 0.541. The fourth-order valence-corrected chi connectivity index (χ4v) is 2.66. The van der Waals surface area contributed by atoms with Crippen molar-refractivity contribution in [2.45, 2.75) is 30.1 Å². The van der Waals surface area contributed by atoms with Crippen molar-refractivity contribution in [3.8, 4) is 0 Å². The number of hydrogen-bond donors (Lipinski definition) is 3. The average Bonchev–Trinajstić information content (AvgIpc) is 3.10. The Balaban J connectivity index is 1.87. The largest absolute Gasteiger partial charge is 0.341 e. The Morgan fingerprint density at radius 2 is 1.95 bits per heavy atom. The van der Waals surface area contributed by atoms with Gasteiger partial charge < -0.3 is 4.90 Å². The molecule has 20 heavy (non-hydrogen) atoms. The second kappa shape index (κ2) is 5.59. The topological polar surface area (TPSA) is 122 Å². The van der Waals surface area contributed by atoms with Gasteiger partial charge in [0.25, 0.3) is 0 Å². The molecule has 1 aliphatic heterocycles. The molecule has 0 spiro atoms. The van der Waals surface area contributed by atoms with E-state index in [0.717, 1.165) is 31.8 Å². The number of nitrogens with one attached hydrogen (secondary N) is 2. The summed E-state index contributed by atoms with van der Waals surface area (Å²) in [5.74, 6) is 7.15. The van der Waals surface area contributed by atoms with Gasteiger partial charge in [0.15, 0.2) is 0 Å². The summed E-state index contributed by atoms with van der Waals surface area (Å²) in [6.07, 6.45) is 2.30. The van der Waals surface area contributed by atoms with Gasteiger partial charge in [0.2, 0.25) is 22.2 Å². The zero-order valence-electron chi connectivity index (χ0n) is 11.0. The van der Waals surface area contributed by atoms with Gasteiger partial charge in [0.05, 0.1) is 0 Å². The van der Waals surface area contributed by atoms with Crippen LogP contribution in [0.1, 0.15) is 18.7 Å². The second-order valence-electron chi connectivity index (χ2n) is 4.39. The Kier molecular flexibility index (Phi) is 3.65. The number of aromatic nitrogens is 6. The molecule has 0 aliphatic carbocycles. The average molecular weight is 293 g/mol. The molecule has 0 unspecified atom stereocenters. The number of aryl methyl sites for hydroxylation is 1. The summed E-state index contributed by atoms with van der Waals surface area (Å²) in [6.45, 7) is 3.75.